The number of anilines is 1. The van der Waals surface area contributed by atoms with Crippen LogP contribution in [-0.2, 0) is 13.6 Å². The number of Topliss-reactive ketones (excluding diaryl/α,β-unsaturated/α-hetero) is 1. The molecule has 33 heavy (non-hydrogen) atoms. The van der Waals surface area contributed by atoms with Gasteiger partial charge in [-0.3, -0.25) is 23.3 Å². The van der Waals surface area contributed by atoms with Crippen LogP contribution in [0.15, 0.2) is 81.7 Å². The van der Waals surface area contributed by atoms with Crippen molar-refractivity contribution >= 4 is 23.4 Å². The average molecular weight is 466 g/mol. The van der Waals surface area contributed by atoms with Crippen molar-refractivity contribution in [2.75, 3.05) is 11.5 Å². The molecule has 0 saturated heterocycles. The minimum absolute atomic E-state index is 0.122. The molecule has 2 heterocycles. The van der Waals surface area contributed by atoms with E-state index in [9.17, 15) is 18.8 Å². The number of aromatic nitrogens is 4. The van der Waals surface area contributed by atoms with Gasteiger partial charge in [0.2, 0.25) is 0 Å². The van der Waals surface area contributed by atoms with Crippen LogP contribution in [-0.4, -0.2) is 30.2 Å². The van der Waals surface area contributed by atoms with Gasteiger partial charge in [-0.15, -0.1) is 0 Å². The second-order valence-electron chi connectivity index (χ2n) is 7.25. The molecule has 0 aliphatic carbocycles. The van der Waals surface area contributed by atoms with Crippen molar-refractivity contribution in [3.05, 3.63) is 105 Å². The molecule has 0 radical (unpaired) electrons. The van der Waals surface area contributed by atoms with Crippen molar-refractivity contribution in [2.45, 2.75) is 11.7 Å². The predicted molar refractivity (Wildman–Crippen MR) is 124 cm³/mol. The fraction of sp³-hybridized carbons (Fsp3) is 0.130. The molecular weight excluding hydrogens is 445 g/mol. The Morgan fingerprint density at radius 3 is 2.61 bits per heavy atom. The number of hydrogen-bond acceptors (Lipinski definition) is 6. The van der Waals surface area contributed by atoms with Gasteiger partial charge in [0.15, 0.2) is 10.9 Å². The van der Waals surface area contributed by atoms with E-state index in [0.29, 0.717) is 10.8 Å². The molecule has 4 aromatic rings. The van der Waals surface area contributed by atoms with Crippen molar-refractivity contribution in [1.82, 2.24) is 18.7 Å². The Kier molecular flexibility index (Phi) is 6.27. The Bertz CT molecular complexity index is 1440. The van der Waals surface area contributed by atoms with E-state index in [-0.39, 0.29) is 23.7 Å². The number of halogens is 1. The third-order valence-electron chi connectivity index (χ3n) is 5.07. The molecule has 0 unspecified atom stereocenters. The van der Waals surface area contributed by atoms with E-state index in [2.05, 4.69) is 4.98 Å². The van der Waals surface area contributed by atoms with Crippen LogP contribution in [0, 0.1) is 5.82 Å². The summed E-state index contributed by atoms with van der Waals surface area (Å²) < 4.78 is 17.3. The molecule has 0 aliphatic rings. The van der Waals surface area contributed by atoms with E-state index in [4.69, 9.17) is 5.73 Å². The second kappa shape index (κ2) is 9.29. The summed E-state index contributed by atoms with van der Waals surface area (Å²) in [5, 5.41) is 0.446. The van der Waals surface area contributed by atoms with Gasteiger partial charge in [-0.05, 0) is 23.8 Å². The molecule has 0 fully saturated rings. The number of hydrogen-bond donors (Lipinski definition) is 1. The summed E-state index contributed by atoms with van der Waals surface area (Å²) in [6, 6.07) is 15.1. The summed E-state index contributed by atoms with van der Waals surface area (Å²) >= 11 is 1.08. The number of carbonyl (C=O) groups excluding carboxylic acids is 1. The van der Waals surface area contributed by atoms with Crippen molar-refractivity contribution in [3.63, 3.8) is 0 Å². The molecular formula is C23H20FN5O3S. The van der Waals surface area contributed by atoms with Crippen LogP contribution in [0.2, 0.25) is 0 Å². The average Bonchev–Trinajstić information content (AvgIpc) is 3.29. The zero-order valence-corrected chi connectivity index (χ0v) is 18.5. The van der Waals surface area contributed by atoms with Gasteiger partial charge >= 0.3 is 5.69 Å². The maximum Gasteiger partial charge on any atom is 0.332 e. The Morgan fingerprint density at radius 1 is 1.12 bits per heavy atom. The normalized spacial score (nSPS) is 11.0. The quantitative estimate of drug-likeness (QED) is 0.332. The third-order valence-corrected chi connectivity index (χ3v) is 6.04. The first-order valence-corrected chi connectivity index (χ1v) is 10.9. The molecule has 4 rings (SSSR count). The lowest BCUT2D eigenvalue weighted by Crippen LogP contribution is -2.43. The van der Waals surface area contributed by atoms with Crippen molar-refractivity contribution in [2.24, 2.45) is 7.05 Å². The Morgan fingerprint density at radius 2 is 1.88 bits per heavy atom. The highest BCUT2D eigenvalue weighted by Gasteiger charge is 2.22. The summed E-state index contributed by atoms with van der Waals surface area (Å²) in [5.74, 6) is -1.25. The van der Waals surface area contributed by atoms with E-state index in [1.165, 1.54) is 29.9 Å². The number of imidazole rings is 1. The van der Waals surface area contributed by atoms with E-state index >= 15 is 0 Å². The first kappa shape index (κ1) is 22.3. The highest BCUT2D eigenvalue weighted by molar-refractivity contribution is 7.99. The topological polar surface area (TPSA) is 105 Å². The van der Waals surface area contributed by atoms with Gasteiger partial charge in [0.1, 0.15) is 17.2 Å². The number of ketones is 1. The lowest BCUT2D eigenvalue weighted by molar-refractivity contribution is 0.102. The van der Waals surface area contributed by atoms with Crippen LogP contribution in [0.4, 0.5) is 10.2 Å². The minimum Gasteiger partial charge on any atom is -0.384 e. The summed E-state index contributed by atoms with van der Waals surface area (Å²) in [4.78, 5) is 42.6. The molecule has 2 aromatic carbocycles. The van der Waals surface area contributed by atoms with Crippen LogP contribution in [0.3, 0.4) is 0 Å². The second-order valence-corrected chi connectivity index (χ2v) is 8.19. The maximum atomic E-state index is 13.6. The van der Waals surface area contributed by atoms with Gasteiger partial charge in [-0.1, -0.05) is 48.2 Å². The number of carbonyl (C=O) groups is 1. The lowest BCUT2D eigenvalue weighted by atomic mass is 10.2. The lowest BCUT2D eigenvalue weighted by Gasteiger charge is -2.14. The van der Waals surface area contributed by atoms with E-state index in [1.807, 2.05) is 30.3 Å². The number of thioether (sulfide) groups is 1. The van der Waals surface area contributed by atoms with Crippen LogP contribution in [0.1, 0.15) is 15.9 Å². The molecule has 8 nitrogen and oxygen atoms in total. The number of benzene rings is 2. The maximum absolute atomic E-state index is 13.6. The van der Waals surface area contributed by atoms with E-state index < -0.39 is 22.8 Å². The van der Waals surface area contributed by atoms with Crippen LogP contribution >= 0.6 is 11.8 Å². The number of nitrogens with zero attached hydrogens (tertiary/aromatic N) is 4. The van der Waals surface area contributed by atoms with Crippen LogP contribution in [0.5, 0.6) is 0 Å². The zero-order valence-electron chi connectivity index (χ0n) is 17.6. The summed E-state index contributed by atoms with van der Waals surface area (Å²) in [5.41, 5.74) is 5.90. The number of nitrogens with two attached hydrogens (primary N) is 1. The summed E-state index contributed by atoms with van der Waals surface area (Å²) in [7, 11) is 1.31. The summed E-state index contributed by atoms with van der Waals surface area (Å²) in [6.07, 6.45) is 3.18. The van der Waals surface area contributed by atoms with Crippen molar-refractivity contribution in [3.8, 4) is 5.69 Å². The Balaban J connectivity index is 1.63. The van der Waals surface area contributed by atoms with Crippen molar-refractivity contribution < 1.29 is 9.18 Å². The molecule has 2 N–H and O–H groups in total. The summed E-state index contributed by atoms with van der Waals surface area (Å²) in [6.45, 7) is 0.122. The molecule has 0 saturated carbocycles. The van der Waals surface area contributed by atoms with Crippen LogP contribution in [0.25, 0.3) is 5.69 Å². The van der Waals surface area contributed by atoms with Gasteiger partial charge in [-0.2, -0.15) is 0 Å². The van der Waals surface area contributed by atoms with Crippen LogP contribution < -0.4 is 17.0 Å². The van der Waals surface area contributed by atoms with E-state index in [0.717, 1.165) is 21.9 Å². The predicted octanol–water partition coefficient (Wildman–Crippen LogP) is 2.48. The van der Waals surface area contributed by atoms with Gasteiger partial charge in [-0.25, -0.2) is 14.2 Å². The third kappa shape index (κ3) is 4.51. The molecule has 0 bridgehead atoms. The molecule has 0 aliphatic heterocycles. The minimum atomic E-state index is -0.749. The molecule has 2 aromatic heterocycles. The fourth-order valence-electron chi connectivity index (χ4n) is 3.39. The largest absolute Gasteiger partial charge is 0.384 e. The SMILES string of the molecule is Cn1c(=O)c(C(=O)CSc2nccn2-c2cccc(F)c2)c(N)n(Cc2ccccc2)c1=O. The monoisotopic (exact) mass is 465 g/mol. The van der Waals surface area contributed by atoms with Crippen molar-refractivity contribution in [1.29, 1.82) is 0 Å². The standard InChI is InChI=1S/C23H20FN5O3S/c1-27-21(31)19(20(25)29(23(27)32)13-15-6-3-2-4-7-15)18(30)14-33-22-26-10-11-28(22)17-9-5-8-16(24)12-17/h2-12H,13-14,25H2,1H3. The Labute approximate surface area is 192 Å². The van der Waals surface area contributed by atoms with Gasteiger partial charge in [0.05, 0.1) is 18.0 Å². The molecule has 0 spiro atoms. The highest BCUT2D eigenvalue weighted by atomic mass is 32.2. The molecule has 168 valence electrons. The van der Waals surface area contributed by atoms with Gasteiger partial charge in [0, 0.05) is 19.4 Å². The molecule has 0 atom stereocenters. The fourth-order valence-corrected chi connectivity index (χ4v) is 4.23. The molecule has 10 heteroatoms. The number of nitrogen functional groups attached to an aromatic ring is 1. The zero-order chi connectivity index (χ0) is 23.5. The highest BCUT2D eigenvalue weighted by Crippen LogP contribution is 2.22. The smallest absolute Gasteiger partial charge is 0.332 e. The first-order chi connectivity index (χ1) is 15.9. The van der Waals surface area contributed by atoms with Gasteiger partial charge < -0.3 is 5.73 Å². The molecule has 0 amide bonds. The van der Waals surface area contributed by atoms with E-state index in [1.54, 1.807) is 22.9 Å². The number of rotatable bonds is 7. The Hall–Kier alpha value is -3.92. The first-order valence-electron chi connectivity index (χ1n) is 9.95. The van der Waals surface area contributed by atoms with Gasteiger partial charge in [0.25, 0.3) is 5.56 Å².